The van der Waals surface area contributed by atoms with Gasteiger partial charge in [0, 0.05) is 17.8 Å². The summed E-state index contributed by atoms with van der Waals surface area (Å²) in [5.41, 5.74) is -1.58. The molecule has 7 nitrogen and oxygen atoms in total. The van der Waals surface area contributed by atoms with Crippen molar-refractivity contribution in [3.05, 3.63) is 45.0 Å². The van der Waals surface area contributed by atoms with Gasteiger partial charge in [-0.15, -0.1) is 0 Å². The lowest BCUT2D eigenvalue weighted by molar-refractivity contribution is -0.0448. The molecular formula is C10H11FN2O5. The second-order valence-electron chi connectivity index (χ2n) is 3.78. The molecule has 1 aromatic rings. The molecule has 8 heteroatoms. The number of ether oxygens (including phenoxy) is 1. The third-order valence-electron chi connectivity index (χ3n) is 2.69. The number of nitrogens with zero attached hydrogens (tertiary/aromatic N) is 1. The maximum atomic E-state index is 12.7. The molecule has 0 spiro atoms. The number of aromatic amines is 1. The molecule has 3 atom stereocenters. The predicted octanol–water partition coefficient (Wildman–Crippen LogP) is -1.36. The lowest BCUT2D eigenvalue weighted by atomic mass is 10.1. The van der Waals surface area contributed by atoms with E-state index in [0.29, 0.717) is 0 Å². The number of nitrogens with one attached hydrogen (secondary N) is 1. The number of aliphatic hydroxyl groups is 2. The molecule has 1 aliphatic heterocycles. The number of aliphatic hydroxyl groups excluding tert-OH is 2. The third-order valence-corrected chi connectivity index (χ3v) is 2.69. The van der Waals surface area contributed by atoms with E-state index in [2.05, 4.69) is 0 Å². The highest BCUT2D eigenvalue weighted by atomic mass is 19.1. The Labute approximate surface area is 99.8 Å². The Morgan fingerprint density at radius 2 is 2.28 bits per heavy atom. The molecule has 1 aromatic heterocycles. The van der Waals surface area contributed by atoms with Gasteiger partial charge in [-0.3, -0.25) is 14.3 Å². The van der Waals surface area contributed by atoms with Crippen molar-refractivity contribution < 1.29 is 19.3 Å². The smallest absolute Gasteiger partial charge is 0.330 e. The molecule has 3 N–H and O–H groups in total. The van der Waals surface area contributed by atoms with Crippen LogP contribution in [0.1, 0.15) is 6.23 Å². The van der Waals surface area contributed by atoms with Crippen LogP contribution in [0.3, 0.4) is 0 Å². The standard InChI is InChI=1S/C10H11FN2O5/c11-3-5-8(16)6(4-14)18-9(5)13-2-1-7(15)12-10(13)17/h1-3,6,8-9,14,16H,4H2,(H,12,15,17)/t6-,8?,9-/m1/s1. The average Bonchev–Trinajstić information content (AvgIpc) is 2.65. The first-order valence-corrected chi connectivity index (χ1v) is 5.14. The van der Waals surface area contributed by atoms with Crippen molar-refractivity contribution in [3.63, 3.8) is 0 Å². The van der Waals surface area contributed by atoms with Gasteiger partial charge < -0.3 is 14.9 Å². The van der Waals surface area contributed by atoms with Gasteiger partial charge in [-0.25, -0.2) is 9.18 Å². The van der Waals surface area contributed by atoms with Crippen LogP contribution in [0.5, 0.6) is 0 Å². The van der Waals surface area contributed by atoms with Crippen LogP contribution in [0, 0.1) is 0 Å². The Hall–Kier alpha value is -1.77. The fraction of sp³-hybridized carbons (Fsp3) is 0.400. The first kappa shape index (κ1) is 12.7. The minimum Gasteiger partial charge on any atom is -0.394 e. The second kappa shape index (κ2) is 4.84. The summed E-state index contributed by atoms with van der Waals surface area (Å²) in [4.78, 5) is 24.4. The van der Waals surface area contributed by atoms with Crippen molar-refractivity contribution in [1.82, 2.24) is 9.55 Å². The number of rotatable bonds is 2. The Morgan fingerprint density at radius 3 is 2.83 bits per heavy atom. The van der Waals surface area contributed by atoms with Crippen molar-refractivity contribution >= 4 is 0 Å². The molecule has 1 fully saturated rings. The van der Waals surface area contributed by atoms with Gasteiger partial charge in [-0.2, -0.15) is 0 Å². The number of hydrogen-bond donors (Lipinski definition) is 3. The van der Waals surface area contributed by atoms with Crippen LogP contribution in [0.25, 0.3) is 0 Å². The van der Waals surface area contributed by atoms with E-state index >= 15 is 0 Å². The van der Waals surface area contributed by atoms with Crippen LogP contribution in [0.4, 0.5) is 4.39 Å². The van der Waals surface area contributed by atoms with Crippen LogP contribution < -0.4 is 11.2 Å². The molecule has 18 heavy (non-hydrogen) atoms. The summed E-state index contributed by atoms with van der Waals surface area (Å²) < 4.78 is 18.8. The minimum absolute atomic E-state index is 0.128. The van der Waals surface area contributed by atoms with Gasteiger partial charge >= 0.3 is 5.69 Å². The summed E-state index contributed by atoms with van der Waals surface area (Å²) in [5, 5.41) is 18.6. The molecule has 1 unspecified atom stereocenters. The molecular weight excluding hydrogens is 247 g/mol. The summed E-state index contributed by atoms with van der Waals surface area (Å²) in [6.07, 6.45) is -2.30. The lowest BCUT2D eigenvalue weighted by Gasteiger charge is -2.14. The number of halogens is 1. The van der Waals surface area contributed by atoms with Gasteiger partial charge in [0.05, 0.1) is 12.9 Å². The van der Waals surface area contributed by atoms with Gasteiger partial charge in [0.25, 0.3) is 5.56 Å². The zero-order valence-corrected chi connectivity index (χ0v) is 9.12. The van der Waals surface area contributed by atoms with E-state index in [-0.39, 0.29) is 11.9 Å². The maximum absolute atomic E-state index is 12.7. The van der Waals surface area contributed by atoms with Gasteiger partial charge in [0.15, 0.2) is 6.23 Å². The van der Waals surface area contributed by atoms with E-state index < -0.39 is 36.3 Å². The molecule has 1 aliphatic rings. The first-order valence-electron chi connectivity index (χ1n) is 5.14. The van der Waals surface area contributed by atoms with Crippen LogP contribution >= 0.6 is 0 Å². The zero-order valence-electron chi connectivity index (χ0n) is 9.12. The summed E-state index contributed by atoms with van der Waals surface area (Å²) in [5.74, 6) is 0. The highest BCUT2D eigenvalue weighted by Gasteiger charge is 2.40. The Balaban J connectivity index is 2.45. The second-order valence-corrected chi connectivity index (χ2v) is 3.78. The summed E-state index contributed by atoms with van der Waals surface area (Å²) in [7, 11) is 0. The van der Waals surface area contributed by atoms with Crippen molar-refractivity contribution in [2.24, 2.45) is 0 Å². The Morgan fingerprint density at radius 1 is 1.56 bits per heavy atom. The largest absolute Gasteiger partial charge is 0.394 e. The highest BCUT2D eigenvalue weighted by Crippen LogP contribution is 2.33. The fourth-order valence-corrected chi connectivity index (χ4v) is 1.78. The van der Waals surface area contributed by atoms with Crippen molar-refractivity contribution in [3.8, 4) is 0 Å². The molecule has 1 saturated heterocycles. The van der Waals surface area contributed by atoms with E-state index in [1.165, 1.54) is 0 Å². The van der Waals surface area contributed by atoms with E-state index in [4.69, 9.17) is 9.84 Å². The highest BCUT2D eigenvalue weighted by molar-refractivity contribution is 5.16. The predicted molar refractivity (Wildman–Crippen MR) is 57.5 cm³/mol. The van der Waals surface area contributed by atoms with Gasteiger partial charge in [-0.1, -0.05) is 0 Å². The van der Waals surface area contributed by atoms with Crippen LogP contribution in [-0.2, 0) is 4.74 Å². The van der Waals surface area contributed by atoms with E-state index in [9.17, 15) is 19.1 Å². The van der Waals surface area contributed by atoms with E-state index in [1.807, 2.05) is 4.98 Å². The SMILES string of the molecule is O=c1ccn([C@@H]2O[C@H](CO)C(O)C2=CF)c(=O)[nH]1. The normalized spacial score (nSPS) is 29.9. The number of hydrogen-bond acceptors (Lipinski definition) is 5. The van der Waals surface area contributed by atoms with E-state index in [0.717, 1.165) is 16.8 Å². The minimum atomic E-state index is -1.34. The maximum Gasteiger partial charge on any atom is 0.330 e. The average molecular weight is 258 g/mol. The molecule has 98 valence electrons. The first-order chi connectivity index (χ1) is 8.58. The Kier molecular flexibility index (Phi) is 3.41. The van der Waals surface area contributed by atoms with Gasteiger partial charge in [0.2, 0.25) is 0 Å². The van der Waals surface area contributed by atoms with Gasteiger partial charge in [-0.05, 0) is 0 Å². The molecule has 2 heterocycles. The molecule has 0 aromatic carbocycles. The number of aromatic nitrogens is 2. The fourth-order valence-electron chi connectivity index (χ4n) is 1.78. The molecule has 0 amide bonds. The molecule has 0 aliphatic carbocycles. The summed E-state index contributed by atoms with van der Waals surface area (Å²) in [6.45, 7) is -0.521. The molecule has 2 rings (SSSR count). The quantitative estimate of drug-likeness (QED) is 0.607. The summed E-state index contributed by atoms with van der Waals surface area (Å²) >= 11 is 0. The van der Waals surface area contributed by atoms with Crippen molar-refractivity contribution in [1.29, 1.82) is 0 Å². The van der Waals surface area contributed by atoms with Crippen LogP contribution in [0.2, 0.25) is 0 Å². The van der Waals surface area contributed by atoms with Crippen molar-refractivity contribution in [2.45, 2.75) is 18.4 Å². The summed E-state index contributed by atoms with van der Waals surface area (Å²) in [6, 6.07) is 1.07. The molecule has 0 radical (unpaired) electrons. The molecule has 0 saturated carbocycles. The van der Waals surface area contributed by atoms with Gasteiger partial charge in [0.1, 0.15) is 12.2 Å². The lowest BCUT2D eigenvalue weighted by Crippen LogP contribution is -2.32. The zero-order chi connectivity index (χ0) is 13.3. The topological polar surface area (TPSA) is 105 Å². The molecule has 0 bridgehead atoms. The van der Waals surface area contributed by atoms with Crippen molar-refractivity contribution in [2.75, 3.05) is 6.61 Å². The van der Waals surface area contributed by atoms with Crippen LogP contribution in [0.15, 0.2) is 33.8 Å². The third kappa shape index (κ3) is 2.01. The Bertz CT molecular complexity index is 578. The number of H-pyrrole nitrogens is 1. The monoisotopic (exact) mass is 258 g/mol. The van der Waals surface area contributed by atoms with E-state index in [1.54, 1.807) is 0 Å². The van der Waals surface area contributed by atoms with Crippen LogP contribution in [-0.4, -0.2) is 38.6 Å².